The molecule has 0 amide bonds. The lowest BCUT2D eigenvalue weighted by atomic mass is 10.0. The quantitative estimate of drug-likeness (QED) is 0.498. The van der Waals surface area contributed by atoms with Gasteiger partial charge in [0.2, 0.25) is 0 Å². The van der Waals surface area contributed by atoms with Crippen LogP contribution in [0.2, 0.25) is 6.04 Å². The molecule has 0 bridgehead atoms. The van der Waals surface area contributed by atoms with E-state index in [0.717, 1.165) is 17.7 Å². The smallest absolute Gasteiger partial charge is 0.378 e. The van der Waals surface area contributed by atoms with E-state index in [4.69, 9.17) is 13.3 Å². The molecule has 0 atom stereocenters. The van der Waals surface area contributed by atoms with Crippen LogP contribution in [0.3, 0.4) is 0 Å². The molecule has 140 valence electrons. The van der Waals surface area contributed by atoms with Crippen molar-refractivity contribution < 1.29 is 18.1 Å². The molecule has 0 saturated heterocycles. The molecule has 0 fully saturated rings. The largest absolute Gasteiger partial charge is 0.500 e. The SMILES string of the molecule is CO[Si](CCc1ccc(C(=O)c2ccc(N(C)C)cc2)cc1)(OC)OC. The molecule has 2 aromatic rings. The summed E-state index contributed by atoms with van der Waals surface area (Å²) in [6.45, 7) is 0. The van der Waals surface area contributed by atoms with Gasteiger partial charge in [-0.15, -0.1) is 0 Å². The van der Waals surface area contributed by atoms with E-state index in [0.29, 0.717) is 17.2 Å². The van der Waals surface area contributed by atoms with Crippen LogP contribution in [0.5, 0.6) is 0 Å². The van der Waals surface area contributed by atoms with Gasteiger partial charge in [-0.3, -0.25) is 4.79 Å². The van der Waals surface area contributed by atoms with Gasteiger partial charge in [0.05, 0.1) is 0 Å². The number of benzene rings is 2. The Kier molecular flexibility index (Phi) is 7.11. The van der Waals surface area contributed by atoms with Crippen LogP contribution in [-0.2, 0) is 19.7 Å². The van der Waals surface area contributed by atoms with E-state index >= 15 is 0 Å². The Morgan fingerprint density at radius 3 is 1.73 bits per heavy atom. The van der Waals surface area contributed by atoms with Crippen LogP contribution < -0.4 is 4.90 Å². The maximum absolute atomic E-state index is 12.6. The number of nitrogens with zero attached hydrogens (tertiary/aromatic N) is 1. The highest BCUT2D eigenvalue weighted by atomic mass is 28.4. The van der Waals surface area contributed by atoms with E-state index in [1.807, 2.05) is 67.5 Å². The first-order chi connectivity index (χ1) is 12.4. The molecule has 0 unspecified atom stereocenters. The predicted molar refractivity (Wildman–Crippen MR) is 106 cm³/mol. The minimum absolute atomic E-state index is 0.0243. The first-order valence-corrected chi connectivity index (χ1v) is 10.4. The zero-order valence-corrected chi connectivity index (χ0v) is 17.1. The molecule has 5 nitrogen and oxygen atoms in total. The first kappa shape index (κ1) is 20.3. The number of hydrogen-bond acceptors (Lipinski definition) is 5. The van der Waals surface area contributed by atoms with Gasteiger partial charge in [0, 0.05) is 58.3 Å². The van der Waals surface area contributed by atoms with Crippen LogP contribution in [0.15, 0.2) is 48.5 Å². The van der Waals surface area contributed by atoms with Gasteiger partial charge in [0.25, 0.3) is 0 Å². The monoisotopic (exact) mass is 373 g/mol. The summed E-state index contributed by atoms with van der Waals surface area (Å²) in [5.74, 6) is 0.0243. The van der Waals surface area contributed by atoms with Crippen molar-refractivity contribution in [3.05, 3.63) is 65.2 Å². The van der Waals surface area contributed by atoms with Gasteiger partial charge < -0.3 is 18.2 Å². The highest BCUT2D eigenvalue weighted by molar-refractivity contribution is 6.60. The molecule has 2 aromatic carbocycles. The Labute approximate surface area is 156 Å². The predicted octanol–water partition coefficient (Wildman–Crippen LogP) is 3.40. The van der Waals surface area contributed by atoms with Crippen LogP contribution in [-0.4, -0.2) is 50.0 Å². The number of ketones is 1. The van der Waals surface area contributed by atoms with Crippen molar-refractivity contribution in [2.24, 2.45) is 0 Å². The van der Waals surface area contributed by atoms with Crippen LogP contribution in [0.1, 0.15) is 21.5 Å². The number of carbonyl (C=O) groups is 1. The summed E-state index contributed by atoms with van der Waals surface area (Å²) >= 11 is 0. The zero-order chi connectivity index (χ0) is 19.2. The summed E-state index contributed by atoms with van der Waals surface area (Å²) in [5.41, 5.74) is 3.56. The molecule has 6 heteroatoms. The zero-order valence-electron chi connectivity index (χ0n) is 16.1. The number of carbonyl (C=O) groups excluding carboxylic acids is 1. The van der Waals surface area contributed by atoms with Gasteiger partial charge in [-0.2, -0.15) is 0 Å². The molecule has 0 heterocycles. The molecular formula is C20H27NO4Si. The van der Waals surface area contributed by atoms with Crippen LogP contribution in [0.4, 0.5) is 5.69 Å². The molecule has 0 aliphatic heterocycles. The van der Waals surface area contributed by atoms with Crippen molar-refractivity contribution in [3.8, 4) is 0 Å². The normalized spacial score (nSPS) is 11.4. The van der Waals surface area contributed by atoms with Crippen LogP contribution in [0, 0.1) is 0 Å². The average Bonchev–Trinajstić information content (AvgIpc) is 2.69. The van der Waals surface area contributed by atoms with Crippen molar-refractivity contribution in [1.82, 2.24) is 0 Å². The fourth-order valence-corrected chi connectivity index (χ4v) is 4.46. The molecule has 0 aliphatic carbocycles. The minimum atomic E-state index is -2.57. The molecule has 26 heavy (non-hydrogen) atoms. The molecule has 0 saturated carbocycles. The molecule has 0 aliphatic rings. The molecule has 0 N–H and O–H groups in total. The van der Waals surface area contributed by atoms with Gasteiger partial charge in [0.15, 0.2) is 5.78 Å². The summed E-state index contributed by atoms with van der Waals surface area (Å²) in [7, 11) is 6.22. The van der Waals surface area contributed by atoms with Crippen molar-refractivity contribution in [2.75, 3.05) is 40.3 Å². The number of hydrogen-bond donors (Lipinski definition) is 0. The fourth-order valence-electron chi connectivity index (χ4n) is 2.75. The van der Waals surface area contributed by atoms with Crippen molar-refractivity contribution in [3.63, 3.8) is 0 Å². The van der Waals surface area contributed by atoms with Gasteiger partial charge in [-0.05, 0) is 36.2 Å². The van der Waals surface area contributed by atoms with Crippen molar-refractivity contribution in [2.45, 2.75) is 12.5 Å². The Morgan fingerprint density at radius 2 is 1.31 bits per heavy atom. The Hall–Kier alpha value is -1.99. The lowest BCUT2D eigenvalue weighted by Gasteiger charge is -2.24. The van der Waals surface area contributed by atoms with E-state index in [1.54, 1.807) is 21.3 Å². The summed E-state index contributed by atoms with van der Waals surface area (Å²) < 4.78 is 16.3. The Bertz CT molecular complexity index is 701. The molecule has 0 radical (unpaired) electrons. The molecular weight excluding hydrogens is 346 g/mol. The Balaban J connectivity index is 2.05. The second-order valence-electron chi connectivity index (χ2n) is 6.26. The third-order valence-corrected chi connectivity index (χ3v) is 7.24. The second kappa shape index (κ2) is 9.09. The first-order valence-electron chi connectivity index (χ1n) is 8.51. The molecule has 2 rings (SSSR count). The highest BCUT2D eigenvalue weighted by Gasteiger charge is 2.37. The number of rotatable bonds is 9. The topological polar surface area (TPSA) is 48.0 Å². The molecule has 0 spiro atoms. The van der Waals surface area contributed by atoms with E-state index in [2.05, 4.69) is 0 Å². The van der Waals surface area contributed by atoms with Gasteiger partial charge in [0.1, 0.15) is 0 Å². The molecule has 0 aromatic heterocycles. The van der Waals surface area contributed by atoms with E-state index in [9.17, 15) is 4.79 Å². The maximum atomic E-state index is 12.6. The number of aryl methyl sites for hydroxylation is 1. The maximum Gasteiger partial charge on any atom is 0.500 e. The third kappa shape index (κ3) is 4.79. The second-order valence-corrected chi connectivity index (χ2v) is 9.35. The number of anilines is 1. The summed E-state index contributed by atoms with van der Waals surface area (Å²) in [4.78, 5) is 14.6. The van der Waals surface area contributed by atoms with E-state index in [1.165, 1.54) is 0 Å². The van der Waals surface area contributed by atoms with Gasteiger partial charge in [-0.1, -0.05) is 24.3 Å². The van der Waals surface area contributed by atoms with Crippen molar-refractivity contribution >= 4 is 20.3 Å². The summed E-state index contributed by atoms with van der Waals surface area (Å²) in [6.07, 6.45) is 0.772. The summed E-state index contributed by atoms with van der Waals surface area (Å²) in [5, 5.41) is 0. The van der Waals surface area contributed by atoms with Gasteiger partial charge >= 0.3 is 8.80 Å². The van der Waals surface area contributed by atoms with E-state index in [-0.39, 0.29) is 5.78 Å². The highest BCUT2D eigenvalue weighted by Crippen LogP contribution is 2.19. The van der Waals surface area contributed by atoms with Crippen LogP contribution >= 0.6 is 0 Å². The van der Waals surface area contributed by atoms with Crippen LogP contribution in [0.25, 0.3) is 0 Å². The lowest BCUT2D eigenvalue weighted by molar-refractivity contribution is 0.103. The fraction of sp³-hybridized carbons (Fsp3) is 0.350. The lowest BCUT2D eigenvalue weighted by Crippen LogP contribution is -2.43. The summed E-state index contributed by atoms with van der Waals surface area (Å²) in [6, 6.07) is 16.0. The average molecular weight is 374 g/mol. The third-order valence-electron chi connectivity index (χ3n) is 4.51. The van der Waals surface area contributed by atoms with E-state index < -0.39 is 8.80 Å². The minimum Gasteiger partial charge on any atom is -0.378 e. The Morgan fingerprint density at radius 1 is 0.846 bits per heavy atom. The van der Waals surface area contributed by atoms with Crippen molar-refractivity contribution in [1.29, 1.82) is 0 Å². The van der Waals surface area contributed by atoms with Gasteiger partial charge in [-0.25, -0.2) is 0 Å². The standard InChI is InChI=1S/C20H27NO4Si/c1-21(2)19-12-10-18(11-13-19)20(22)17-8-6-16(7-9-17)14-15-26(23-3,24-4)25-5/h6-13H,14-15H2,1-5H3.